The van der Waals surface area contributed by atoms with Crippen LogP contribution in [-0.4, -0.2) is 76.1 Å². The number of methoxy groups -OCH3 is 1. The standard InChI is InChI=1S/C8H16O7/c1-14-8(3-10)7(13)6(12)5(11)4(2-9)15-8/h4-7,9-13H,2-3H2,1H3/t4-,5+,6+,7-,8+/m0/s1. The van der Waals surface area contributed by atoms with Gasteiger partial charge in [-0.2, -0.15) is 0 Å². The van der Waals surface area contributed by atoms with Gasteiger partial charge in [-0.1, -0.05) is 0 Å². The average molecular weight is 224 g/mol. The summed E-state index contributed by atoms with van der Waals surface area (Å²) >= 11 is 0. The third-order valence-corrected chi connectivity index (χ3v) is 2.60. The summed E-state index contributed by atoms with van der Waals surface area (Å²) in [4.78, 5) is 0. The lowest BCUT2D eigenvalue weighted by atomic mass is 9.93. The van der Waals surface area contributed by atoms with Crippen LogP contribution in [0.1, 0.15) is 0 Å². The van der Waals surface area contributed by atoms with Gasteiger partial charge in [0.1, 0.15) is 31.0 Å². The molecule has 1 aliphatic rings. The number of hydrogen-bond acceptors (Lipinski definition) is 7. The molecule has 7 heteroatoms. The zero-order valence-electron chi connectivity index (χ0n) is 8.28. The second-order valence-electron chi connectivity index (χ2n) is 3.44. The maximum Gasteiger partial charge on any atom is 0.221 e. The van der Waals surface area contributed by atoms with Crippen molar-refractivity contribution in [3.63, 3.8) is 0 Å². The van der Waals surface area contributed by atoms with Crippen molar-refractivity contribution in [2.24, 2.45) is 0 Å². The second kappa shape index (κ2) is 4.71. The Morgan fingerprint density at radius 2 is 1.80 bits per heavy atom. The van der Waals surface area contributed by atoms with Gasteiger partial charge in [-0.05, 0) is 0 Å². The van der Waals surface area contributed by atoms with Gasteiger partial charge < -0.3 is 35.0 Å². The zero-order valence-corrected chi connectivity index (χ0v) is 8.28. The summed E-state index contributed by atoms with van der Waals surface area (Å²) in [5.74, 6) is -1.81. The summed E-state index contributed by atoms with van der Waals surface area (Å²) < 4.78 is 9.82. The molecule has 0 unspecified atom stereocenters. The van der Waals surface area contributed by atoms with E-state index in [4.69, 9.17) is 19.7 Å². The molecule has 90 valence electrons. The normalized spacial score (nSPS) is 46.8. The average Bonchev–Trinajstić information content (AvgIpc) is 2.27. The van der Waals surface area contributed by atoms with E-state index in [1.807, 2.05) is 0 Å². The predicted molar refractivity (Wildman–Crippen MR) is 46.8 cm³/mol. The molecule has 0 aliphatic carbocycles. The molecule has 1 rings (SSSR count). The maximum atomic E-state index is 9.57. The van der Waals surface area contributed by atoms with Crippen LogP contribution in [0.2, 0.25) is 0 Å². The first-order chi connectivity index (χ1) is 7.02. The molecule has 0 aromatic carbocycles. The lowest BCUT2D eigenvalue weighted by Crippen LogP contribution is -2.67. The van der Waals surface area contributed by atoms with Crippen LogP contribution in [-0.2, 0) is 9.47 Å². The summed E-state index contributed by atoms with van der Waals surface area (Å²) in [6, 6.07) is 0. The summed E-state index contributed by atoms with van der Waals surface area (Å²) in [5.41, 5.74) is 0. The van der Waals surface area contributed by atoms with Crippen molar-refractivity contribution in [1.29, 1.82) is 0 Å². The van der Waals surface area contributed by atoms with Gasteiger partial charge in [-0.25, -0.2) is 0 Å². The molecule has 0 radical (unpaired) electrons. The predicted octanol–water partition coefficient (Wildman–Crippen LogP) is -3.20. The van der Waals surface area contributed by atoms with Crippen LogP contribution in [0.3, 0.4) is 0 Å². The lowest BCUT2D eigenvalue weighted by Gasteiger charge is -2.46. The van der Waals surface area contributed by atoms with Crippen LogP contribution in [0.25, 0.3) is 0 Å². The van der Waals surface area contributed by atoms with Crippen LogP contribution < -0.4 is 0 Å². The molecule has 0 spiro atoms. The molecule has 0 saturated carbocycles. The van der Waals surface area contributed by atoms with E-state index in [2.05, 4.69) is 0 Å². The van der Waals surface area contributed by atoms with Gasteiger partial charge in [0.05, 0.1) is 6.61 Å². The highest BCUT2D eigenvalue weighted by atomic mass is 16.7. The highest BCUT2D eigenvalue weighted by Crippen LogP contribution is 2.30. The summed E-state index contributed by atoms with van der Waals surface area (Å²) in [7, 11) is 1.18. The molecule has 5 N–H and O–H groups in total. The van der Waals surface area contributed by atoms with Crippen molar-refractivity contribution in [2.45, 2.75) is 30.2 Å². The first-order valence-corrected chi connectivity index (χ1v) is 4.51. The molecule has 1 aliphatic heterocycles. The summed E-state index contributed by atoms with van der Waals surface area (Å²) in [5, 5.41) is 46.4. The molecule has 1 fully saturated rings. The Balaban J connectivity index is 2.91. The fourth-order valence-corrected chi connectivity index (χ4v) is 1.57. The number of aliphatic hydroxyl groups is 5. The largest absolute Gasteiger partial charge is 0.394 e. The molecule has 1 heterocycles. The molecule has 5 atom stereocenters. The van der Waals surface area contributed by atoms with Crippen LogP contribution >= 0.6 is 0 Å². The third kappa shape index (κ3) is 2.00. The van der Waals surface area contributed by atoms with Crippen LogP contribution in [0.5, 0.6) is 0 Å². The Hall–Kier alpha value is -0.280. The molecule has 1 saturated heterocycles. The van der Waals surface area contributed by atoms with E-state index in [1.165, 1.54) is 7.11 Å². The Morgan fingerprint density at radius 3 is 2.20 bits per heavy atom. The number of rotatable bonds is 3. The first kappa shape index (κ1) is 12.8. The van der Waals surface area contributed by atoms with E-state index in [1.54, 1.807) is 0 Å². The van der Waals surface area contributed by atoms with Gasteiger partial charge in [0, 0.05) is 7.11 Å². The maximum absolute atomic E-state index is 9.57. The molecule has 15 heavy (non-hydrogen) atoms. The van der Waals surface area contributed by atoms with E-state index >= 15 is 0 Å². The van der Waals surface area contributed by atoms with E-state index in [0.29, 0.717) is 0 Å². The van der Waals surface area contributed by atoms with E-state index in [0.717, 1.165) is 0 Å². The summed E-state index contributed by atoms with van der Waals surface area (Å²) in [6.07, 6.45) is -5.69. The smallest absolute Gasteiger partial charge is 0.221 e. The number of aliphatic hydroxyl groups excluding tert-OH is 5. The van der Waals surface area contributed by atoms with Crippen molar-refractivity contribution in [1.82, 2.24) is 0 Å². The van der Waals surface area contributed by atoms with E-state index in [-0.39, 0.29) is 0 Å². The summed E-state index contributed by atoms with van der Waals surface area (Å²) in [6.45, 7) is -1.26. The van der Waals surface area contributed by atoms with Crippen molar-refractivity contribution >= 4 is 0 Å². The number of hydrogen-bond donors (Lipinski definition) is 5. The third-order valence-electron chi connectivity index (χ3n) is 2.60. The fraction of sp³-hybridized carbons (Fsp3) is 1.00. The Morgan fingerprint density at radius 1 is 1.20 bits per heavy atom. The fourth-order valence-electron chi connectivity index (χ4n) is 1.57. The monoisotopic (exact) mass is 224 g/mol. The highest BCUT2D eigenvalue weighted by molar-refractivity contribution is 4.96. The number of ether oxygens (including phenoxy) is 2. The molecule has 0 bridgehead atoms. The minimum absolute atomic E-state index is 0.559. The van der Waals surface area contributed by atoms with Gasteiger partial charge in [0.15, 0.2) is 0 Å². The molecule has 0 aromatic heterocycles. The minimum Gasteiger partial charge on any atom is -0.394 e. The molecular formula is C8H16O7. The first-order valence-electron chi connectivity index (χ1n) is 4.51. The Kier molecular flexibility index (Phi) is 4.01. The van der Waals surface area contributed by atoms with Crippen LogP contribution in [0.15, 0.2) is 0 Å². The zero-order chi connectivity index (χ0) is 11.6. The lowest BCUT2D eigenvalue weighted by molar-refractivity contribution is -0.365. The van der Waals surface area contributed by atoms with Crippen molar-refractivity contribution in [2.75, 3.05) is 20.3 Å². The van der Waals surface area contributed by atoms with Crippen molar-refractivity contribution in [3.8, 4) is 0 Å². The molecular weight excluding hydrogens is 208 g/mol. The van der Waals surface area contributed by atoms with Gasteiger partial charge in [0.25, 0.3) is 0 Å². The molecule has 0 amide bonds. The SMILES string of the molecule is CO[C@]1(CO)O[C@@H](CO)[C@@H](O)[C@@H](O)[C@@H]1O. The second-order valence-corrected chi connectivity index (χ2v) is 3.44. The van der Waals surface area contributed by atoms with Crippen molar-refractivity contribution in [3.05, 3.63) is 0 Å². The van der Waals surface area contributed by atoms with Gasteiger partial charge >= 0.3 is 0 Å². The molecule has 0 aromatic rings. The van der Waals surface area contributed by atoms with Gasteiger partial charge in [0.2, 0.25) is 5.79 Å². The quantitative estimate of drug-likeness (QED) is 0.342. The van der Waals surface area contributed by atoms with E-state index in [9.17, 15) is 15.3 Å². The Labute approximate surface area is 86.5 Å². The minimum atomic E-state index is -1.81. The van der Waals surface area contributed by atoms with E-state index < -0.39 is 43.4 Å². The topological polar surface area (TPSA) is 120 Å². The molecule has 7 nitrogen and oxygen atoms in total. The highest BCUT2D eigenvalue weighted by Gasteiger charge is 2.53. The Bertz CT molecular complexity index is 203. The van der Waals surface area contributed by atoms with Crippen LogP contribution in [0, 0.1) is 0 Å². The van der Waals surface area contributed by atoms with Crippen molar-refractivity contribution < 1.29 is 35.0 Å². The van der Waals surface area contributed by atoms with Gasteiger partial charge in [-0.3, -0.25) is 0 Å². The van der Waals surface area contributed by atoms with Crippen LogP contribution in [0.4, 0.5) is 0 Å². The van der Waals surface area contributed by atoms with Gasteiger partial charge in [-0.15, -0.1) is 0 Å².